The monoisotopic (exact) mass is 474 g/mol. The minimum Gasteiger partial charge on any atom is -0.350 e. The SMILES string of the molecule is CCO[C@H]1O[C@@H]2COC(c3ccccc3)O[C@H](c3ccccc3)[C@H]2[C@@H]2OC(c3ccccc3)O[C@H]12. The second-order valence-corrected chi connectivity index (χ2v) is 9.06. The lowest BCUT2D eigenvalue weighted by Crippen LogP contribution is -2.56. The van der Waals surface area contributed by atoms with Gasteiger partial charge in [-0.2, -0.15) is 0 Å². The van der Waals surface area contributed by atoms with Crippen LogP contribution in [0.25, 0.3) is 0 Å². The van der Waals surface area contributed by atoms with Crippen LogP contribution in [0.1, 0.15) is 42.3 Å². The van der Waals surface area contributed by atoms with Gasteiger partial charge in [-0.15, -0.1) is 0 Å². The number of rotatable bonds is 5. The van der Waals surface area contributed by atoms with Crippen molar-refractivity contribution >= 4 is 0 Å². The van der Waals surface area contributed by atoms with Gasteiger partial charge < -0.3 is 28.4 Å². The van der Waals surface area contributed by atoms with E-state index in [2.05, 4.69) is 12.1 Å². The molecule has 3 aliphatic rings. The molecule has 3 aromatic carbocycles. The molecule has 182 valence electrons. The van der Waals surface area contributed by atoms with E-state index in [1.165, 1.54) is 0 Å². The summed E-state index contributed by atoms with van der Waals surface area (Å²) in [5, 5.41) is 0. The molecular weight excluding hydrogens is 444 g/mol. The molecule has 6 heteroatoms. The minimum absolute atomic E-state index is 0.151. The second kappa shape index (κ2) is 10.2. The van der Waals surface area contributed by atoms with Gasteiger partial charge in [0.25, 0.3) is 0 Å². The topological polar surface area (TPSA) is 55.4 Å². The van der Waals surface area contributed by atoms with Gasteiger partial charge in [0.1, 0.15) is 12.2 Å². The Hall–Kier alpha value is -2.58. The van der Waals surface area contributed by atoms with Crippen molar-refractivity contribution in [2.24, 2.45) is 5.92 Å². The predicted molar refractivity (Wildman–Crippen MR) is 128 cm³/mol. The highest BCUT2D eigenvalue weighted by atomic mass is 16.8. The van der Waals surface area contributed by atoms with E-state index >= 15 is 0 Å². The summed E-state index contributed by atoms with van der Waals surface area (Å²) >= 11 is 0. The third-order valence-corrected chi connectivity index (χ3v) is 6.91. The number of fused-ring (bicyclic) bond motifs is 3. The Morgan fingerprint density at radius 2 is 1.23 bits per heavy atom. The molecule has 3 saturated heterocycles. The maximum Gasteiger partial charge on any atom is 0.186 e. The molecule has 0 radical (unpaired) electrons. The molecule has 0 aromatic heterocycles. The Labute approximate surface area is 205 Å². The minimum atomic E-state index is -0.548. The van der Waals surface area contributed by atoms with Crippen LogP contribution in [0.4, 0.5) is 0 Å². The normalized spacial score (nSPS) is 34.5. The fourth-order valence-corrected chi connectivity index (χ4v) is 5.31. The fraction of sp³-hybridized carbons (Fsp3) is 0.379. The van der Waals surface area contributed by atoms with E-state index < -0.39 is 18.9 Å². The summed E-state index contributed by atoms with van der Waals surface area (Å²) in [6, 6.07) is 30.3. The van der Waals surface area contributed by atoms with Gasteiger partial charge in [-0.1, -0.05) is 91.0 Å². The van der Waals surface area contributed by atoms with E-state index in [0.717, 1.165) is 16.7 Å². The molecule has 0 saturated carbocycles. The van der Waals surface area contributed by atoms with Crippen LogP contribution >= 0.6 is 0 Å². The smallest absolute Gasteiger partial charge is 0.186 e. The van der Waals surface area contributed by atoms with Crippen LogP contribution in [0.5, 0.6) is 0 Å². The molecule has 0 N–H and O–H groups in total. The number of hydrogen-bond acceptors (Lipinski definition) is 6. The first kappa shape index (κ1) is 22.9. The molecule has 3 fully saturated rings. The molecule has 0 bridgehead atoms. The van der Waals surface area contributed by atoms with E-state index in [-0.39, 0.29) is 30.3 Å². The lowest BCUT2D eigenvalue weighted by Gasteiger charge is -2.43. The van der Waals surface area contributed by atoms with E-state index in [9.17, 15) is 0 Å². The van der Waals surface area contributed by atoms with Crippen LogP contribution in [0, 0.1) is 5.92 Å². The molecule has 6 nitrogen and oxygen atoms in total. The van der Waals surface area contributed by atoms with Crippen molar-refractivity contribution in [2.45, 2.75) is 50.2 Å². The van der Waals surface area contributed by atoms with Crippen molar-refractivity contribution in [3.63, 3.8) is 0 Å². The van der Waals surface area contributed by atoms with Crippen LogP contribution in [0.3, 0.4) is 0 Å². The molecule has 2 unspecified atom stereocenters. The zero-order valence-corrected chi connectivity index (χ0v) is 19.6. The van der Waals surface area contributed by atoms with Crippen molar-refractivity contribution in [3.8, 4) is 0 Å². The van der Waals surface area contributed by atoms with Gasteiger partial charge in [0, 0.05) is 23.7 Å². The summed E-state index contributed by atoms with van der Waals surface area (Å²) in [6.45, 7) is 2.83. The van der Waals surface area contributed by atoms with Gasteiger partial charge in [-0.25, -0.2) is 0 Å². The third kappa shape index (κ3) is 4.54. The summed E-state index contributed by atoms with van der Waals surface area (Å²) in [7, 11) is 0. The molecule has 6 rings (SSSR count). The summed E-state index contributed by atoms with van der Waals surface area (Å²) in [4.78, 5) is 0. The van der Waals surface area contributed by atoms with Gasteiger partial charge in [-0.3, -0.25) is 0 Å². The standard InChI is InChI=1S/C29H30O6/c1-2-30-29-26-25(34-28(35-26)21-16-10-5-11-17-21)23-22(32-29)18-31-27(20-14-8-4-9-15-20)33-24(23)19-12-6-3-7-13-19/h3-17,22-29H,2,18H2,1H3/t22-,23+,24-,25+,26+,27?,28?,29+/m1/s1. The van der Waals surface area contributed by atoms with Crippen molar-refractivity contribution in [3.05, 3.63) is 108 Å². The maximum atomic E-state index is 6.72. The van der Waals surface area contributed by atoms with Gasteiger partial charge in [0.2, 0.25) is 0 Å². The van der Waals surface area contributed by atoms with Crippen molar-refractivity contribution in [2.75, 3.05) is 13.2 Å². The predicted octanol–water partition coefficient (Wildman–Crippen LogP) is 5.33. The number of ether oxygens (including phenoxy) is 6. The highest BCUT2D eigenvalue weighted by Crippen LogP contribution is 2.49. The zero-order chi connectivity index (χ0) is 23.6. The van der Waals surface area contributed by atoms with E-state index in [1.807, 2.05) is 85.8 Å². The third-order valence-electron chi connectivity index (χ3n) is 6.91. The van der Waals surface area contributed by atoms with Crippen LogP contribution in [-0.2, 0) is 28.4 Å². The van der Waals surface area contributed by atoms with Crippen LogP contribution in [-0.4, -0.2) is 37.8 Å². The highest BCUT2D eigenvalue weighted by molar-refractivity contribution is 5.23. The van der Waals surface area contributed by atoms with E-state index in [1.54, 1.807) is 0 Å². The molecule has 0 spiro atoms. The van der Waals surface area contributed by atoms with Crippen LogP contribution < -0.4 is 0 Å². The zero-order valence-electron chi connectivity index (χ0n) is 19.6. The quantitative estimate of drug-likeness (QED) is 0.498. The summed E-state index contributed by atoms with van der Waals surface area (Å²) in [5.41, 5.74) is 2.99. The van der Waals surface area contributed by atoms with Gasteiger partial charge in [0.05, 0.1) is 18.8 Å². The lowest BCUT2D eigenvalue weighted by molar-refractivity contribution is -0.271. The van der Waals surface area contributed by atoms with Crippen molar-refractivity contribution < 1.29 is 28.4 Å². The maximum absolute atomic E-state index is 6.72. The first-order valence-corrected chi connectivity index (χ1v) is 12.3. The first-order valence-electron chi connectivity index (χ1n) is 12.3. The highest BCUT2D eigenvalue weighted by Gasteiger charge is 2.57. The van der Waals surface area contributed by atoms with Crippen LogP contribution in [0.2, 0.25) is 0 Å². The molecule has 3 heterocycles. The summed E-state index contributed by atoms with van der Waals surface area (Å²) < 4.78 is 38.6. The van der Waals surface area contributed by atoms with E-state index in [4.69, 9.17) is 28.4 Å². The lowest BCUT2D eigenvalue weighted by atomic mass is 9.82. The van der Waals surface area contributed by atoms with Crippen molar-refractivity contribution in [1.82, 2.24) is 0 Å². The Morgan fingerprint density at radius 1 is 0.657 bits per heavy atom. The van der Waals surface area contributed by atoms with Crippen molar-refractivity contribution in [1.29, 1.82) is 0 Å². The second-order valence-electron chi connectivity index (χ2n) is 9.06. The molecule has 0 aliphatic carbocycles. The molecule has 8 atom stereocenters. The molecule has 3 aliphatic heterocycles. The van der Waals surface area contributed by atoms with Gasteiger partial charge >= 0.3 is 0 Å². The number of benzene rings is 3. The summed E-state index contributed by atoms with van der Waals surface area (Å²) in [5.74, 6) is -0.151. The summed E-state index contributed by atoms with van der Waals surface area (Å²) in [6.07, 6.45) is -2.85. The average Bonchev–Trinajstić information content (AvgIpc) is 3.28. The number of hydrogen-bond donors (Lipinski definition) is 0. The Bertz CT molecular complexity index is 1080. The molecule has 3 aromatic rings. The molecular formula is C29H30O6. The Balaban J connectivity index is 1.38. The van der Waals surface area contributed by atoms with E-state index in [0.29, 0.717) is 13.2 Å². The molecule has 0 amide bonds. The van der Waals surface area contributed by atoms with Crippen LogP contribution in [0.15, 0.2) is 91.0 Å². The Kier molecular flexibility index (Phi) is 6.65. The Morgan fingerprint density at radius 3 is 1.86 bits per heavy atom. The molecule has 35 heavy (non-hydrogen) atoms. The largest absolute Gasteiger partial charge is 0.350 e. The van der Waals surface area contributed by atoms with Gasteiger partial charge in [-0.05, 0) is 12.5 Å². The first-order chi connectivity index (χ1) is 17.3. The average molecular weight is 475 g/mol. The fourth-order valence-electron chi connectivity index (χ4n) is 5.31. The van der Waals surface area contributed by atoms with Gasteiger partial charge in [0.15, 0.2) is 18.9 Å².